The van der Waals surface area contributed by atoms with Crippen LogP contribution in [-0.2, 0) is 17.8 Å². The molecule has 0 radical (unpaired) electrons. The smallest absolute Gasteiger partial charge is 0.248 e. The predicted octanol–water partition coefficient (Wildman–Crippen LogP) is 3.38. The minimum Gasteiger partial charge on any atom is -0.493 e. The molecule has 0 saturated heterocycles. The Labute approximate surface area is 201 Å². The van der Waals surface area contributed by atoms with Gasteiger partial charge in [0.1, 0.15) is 5.75 Å². The van der Waals surface area contributed by atoms with Crippen LogP contribution in [0.5, 0.6) is 5.75 Å². The summed E-state index contributed by atoms with van der Waals surface area (Å²) < 4.78 is 11.0. The summed E-state index contributed by atoms with van der Waals surface area (Å²) in [4.78, 5) is 16.0. The number of nitrogens with one attached hydrogen (secondary N) is 2. The molecule has 0 fully saturated rings. The van der Waals surface area contributed by atoms with Crippen LogP contribution in [0.4, 0.5) is 0 Å². The van der Waals surface area contributed by atoms with Crippen molar-refractivity contribution in [3.63, 3.8) is 0 Å². The lowest BCUT2D eigenvalue weighted by atomic mass is 10.1. The number of primary amides is 1. The van der Waals surface area contributed by atoms with Gasteiger partial charge in [-0.15, -0.1) is 24.0 Å². The van der Waals surface area contributed by atoms with E-state index in [1.165, 1.54) is 0 Å². The molecule has 4 N–H and O–H groups in total. The number of amides is 1. The van der Waals surface area contributed by atoms with E-state index in [0.717, 1.165) is 35.4 Å². The third-order valence-corrected chi connectivity index (χ3v) is 4.39. The largest absolute Gasteiger partial charge is 0.493 e. The Hall–Kier alpha value is -2.33. The summed E-state index contributed by atoms with van der Waals surface area (Å²) in [6, 6.07) is 13.4. The highest BCUT2D eigenvalue weighted by atomic mass is 127. The number of carbonyl (C=O) groups is 1. The highest BCUT2D eigenvalue weighted by molar-refractivity contribution is 14.0. The molecule has 2 rings (SSSR count). The molecule has 0 bridgehead atoms. The Balaban J connectivity index is 0.00000480. The lowest BCUT2D eigenvalue weighted by molar-refractivity contribution is 0.1000. The molecule has 0 aromatic heterocycles. The summed E-state index contributed by atoms with van der Waals surface area (Å²) in [5.41, 5.74) is 8.96. The summed E-state index contributed by atoms with van der Waals surface area (Å²) in [7, 11) is 1.69. The van der Waals surface area contributed by atoms with Crippen LogP contribution in [0.1, 0.15) is 40.4 Å². The molecule has 2 aromatic rings. The van der Waals surface area contributed by atoms with Gasteiger partial charge in [0.15, 0.2) is 5.96 Å². The number of hydrogen-bond acceptors (Lipinski definition) is 4. The molecule has 0 aliphatic rings. The first-order chi connectivity index (χ1) is 14.5. The molecular formula is C23H33IN4O3. The molecule has 0 spiro atoms. The van der Waals surface area contributed by atoms with Gasteiger partial charge in [-0.1, -0.05) is 24.3 Å². The first-order valence-electron chi connectivity index (χ1n) is 10.2. The van der Waals surface area contributed by atoms with E-state index in [4.69, 9.17) is 15.2 Å². The van der Waals surface area contributed by atoms with Crippen LogP contribution in [0.25, 0.3) is 0 Å². The van der Waals surface area contributed by atoms with Gasteiger partial charge in [0.05, 0.1) is 13.2 Å². The van der Waals surface area contributed by atoms with E-state index in [1.54, 1.807) is 19.2 Å². The van der Waals surface area contributed by atoms with Gasteiger partial charge in [-0.05, 0) is 43.2 Å². The van der Waals surface area contributed by atoms with E-state index in [1.807, 2.05) is 32.0 Å². The number of carbonyl (C=O) groups excluding carboxylic acids is 1. The zero-order valence-corrected chi connectivity index (χ0v) is 20.8. The van der Waals surface area contributed by atoms with E-state index >= 15 is 0 Å². The molecule has 0 unspecified atom stereocenters. The van der Waals surface area contributed by atoms with Crippen LogP contribution in [0.3, 0.4) is 0 Å². The topological polar surface area (TPSA) is 98.0 Å². The molecule has 0 aliphatic carbocycles. The third kappa shape index (κ3) is 9.56. The van der Waals surface area contributed by atoms with Gasteiger partial charge in [-0.3, -0.25) is 4.79 Å². The normalized spacial score (nSPS) is 10.9. The Morgan fingerprint density at radius 2 is 1.94 bits per heavy atom. The highest BCUT2D eigenvalue weighted by Crippen LogP contribution is 2.20. The fourth-order valence-corrected chi connectivity index (χ4v) is 2.84. The molecule has 2 aromatic carbocycles. The fraction of sp³-hybridized carbons (Fsp3) is 0.391. The van der Waals surface area contributed by atoms with Crippen molar-refractivity contribution >= 4 is 35.8 Å². The number of guanidine groups is 1. The van der Waals surface area contributed by atoms with Crippen LogP contribution < -0.4 is 21.1 Å². The van der Waals surface area contributed by atoms with E-state index in [2.05, 4.69) is 27.8 Å². The number of aliphatic imine (C=N–C) groups is 1. The second kappa shape index (κ2) is 14.6. The van der Waals surface area contributed by atoms with Crippen molar-refractivity contribution < 1.29 is 14.3 Å². The van der Waals surface area contributed by atoms with Crippen LogP contribution in [0.2, 0.25) is 0 Å². The maximum absolute atomic E-state index is 11.4. The quantitative estimate of drug-likeness (QED) is 0.176. The summed E-state index contributed by atoms with van der Waals surface area (Å²) in [6.07, 6.45) is 0.839. The number of nitrogens with zero attached hydrogens (tertiary/aromatic N) is 1. The fourth-order valence-electron chi connectivity index (χ4n) is 2.84. The van der Waals surface area contributed by atoms with Crippen LogP contribution in [0.15, 0.2) is 47.5 Å². The number of ether oxygens (including phenoxy) is 2. The molecule has 0 aliphatic heterocycles. The molecule has 1 amide bonds. The maximum atomic E-state index is 11.4. The Kier molecular flexibility index (Phi) is 12.6. The Morgan fingerprint density at radius 1 is 1.13 bits per heavy atom. The van der Waals surface area contributed by atoms with Crippen LogP contribution in [0, 0.1) is 6.92 Å². The van der Waals surface area contributed by atoms with Crippen molar-refractivity contribution in [1.82, 2.24) is 10.6 Å². The first-order valence-corrected chi connectivity index (χ1v) is 10.2. The second-order valence-corrected chi connectivity index (χ2v) is 6.92. The lowest BCUT2D eigenvalue weighted by Crippen LogP contribution is -2.36. The number of hydrogen-bond donors (Lipinski definition) is 3. The van der Waals surface area contributed by atoms with E-state index in [0.29, 0.717) is 37.8 Å². The van der Waals surface area contributed by atoms with E-state index in [-0.39, 0.29) is 24.0 Å². The monoisotopic (exact) mass is 540 g/mol. The SMILES string of the molecule is CCNC(=NCc1cccc(C(N)=O)c1)NCc1ccc(C)cc1OCCCOC.I. The van der Waals surface area contributed by atoms with Crippen molar-refractivity contribution in [2.45, 2.75) is 33.4 Å². The molecule has 170 valence electrons. The highest BCUT2D eigenvalue weighted by Gasteiger charge is 2.07. The maximum Gasteiger partial charge on any atom is 0.248 e. The number of methoxy groups -OCH3 is 1. The predicted molar refractivity (Wildman–Crippen MR) is 135 cm³/mol. The number of aryl methyl sites for hydroxylation is 1. The van der Waals surface area contributed by atoms with Gasteiger partial charge >= 0.3 is 0 Å². The van der Waals surface area contributed by atoms with Gasteiger partial charge in [-0.2, -0.15) is 0 Å². The van der Waals surface area contributed by atoms with E-state index in [9.17, 15) is 4.79 Å². The minimum atomic E-state index is -0.441. The number of nitrogens with two attached hydrogens (primary N) is 1. The average Bonchev–Trinajstić information content (AvgIpc) is 2.74. The summed E-state index contributed by atoms with van der Waals surface area (Å²) in [5.74, 6) is 1.11. The summed E-state index contributed by atoms with van der Waals surface area (Å²) in [6.45, 7) is 7.09. The molecule has 0 saturated carbocycles. The van der Waals surface area contributed by atoms with Gasteiger partial charge in [0, 0.05) is 44.4 Å². The zero-order chi connectivity index (χ0) is 21.8. The van der Waals surface area contributed by atoms with Crippen molar-refractivity contribution in [1.29, 1.82) is 0 Å². The Bertz CT molecular complexity index is 858. The van der Waals surface area contributed by atoms with Crippen molar-refractivity contribution in [2.24, 2.45) is 10.7 Å². The molecule has 31 heavy (non-hydrogen) atoms. The first kappa shape index (κ1) is 26.7. The van der Waals surface area contributed by atoms with Crippen molar-refractivity contribution in [3.05, 3.63) is 64.7 Å². The minimum absolute atomic E-state index is 0. The van der Waals surface area contributed by atoms with Gasteiger partial charge in [0.25, 0.3) is 0 Å². The molecular weight excluding hydrogens is 507 g/mol. The summed E-state index contributed by atoms with van der Waals surface area (Å²) in [5, 5.41) is 6.59. The van der Waals surface area contributed by atoms with Gasteiger partial charge < -0.3 is 25.8 Å². The second-order valence-electron chi connectivity index (χ2n) is 6.92. The van der Waals surface area contributed by atoms with Crippen molar-refractivity contribution in [3.8, 4) is 5.75 Å². The van der Waals surface area contributed by atoms with Crippen LogP contribution in [-0.4, -0.2) is 38.7 Å². The van der Waals surface area contributed by atoms with E-state index < -0.39 is 5.91 Å². The number of halogens is 1. The average molecular weight is 540 g/mol. The van der Waals surface area contributed by atoms with Crippen molar-refractivity contribution in [2.75, 3.05) is 26.9 Å². The molecule has 0 atom stereocenters. The zero-order valence-electron chi connectivity index (χ0n) is 18.4. The Morgan fingerprint density at radius 3 is 2.65 bits per heavy atom. The van der Waals surface area contributed by atoms with Crippen LogP contribution >= 0.6 is 24.0 Å². The lowest BCUT2D eigenvalue weighted by Gasteiger charge is -2.15. The third-order valence-electron chi connectivity index (χ3n) is 4.39. The summed E-state index contributed by atoms with van der Waals surface area (Å²) >= 11 is 0. The standard InChI is InChI=1S/C23H32N4O3.HI/c1-4-25-23(26-15-18-7-5-8-19(14-18)22(24)28)27-16-20-10-9-17(2)13-21(20)30-12-6-11-29-3;/h5,7-10,13-14H,4,6,11-12,15-16H2,1-3H3,(H2,24,28)(H2,25,26,27);1H. The molecule has 7 nitrogen and oxygen atoms in total. The molecule has 0 heterocycles. The molecule has 8 heteroatoms. The number of rotatable bonds is 11. The number of benzene rings is 2. The van der Waals surface area contributed by atoms with Gasteiger partial charge in [0.2, 0.25) is 5.91 Å². The van der Waals surface area contributed by atoms with Gasteiger partial charge in [-0.25, -0.2) is 4.99 Å².